The highest BCUT2D eigenvalue weighted by atomic mass is 19.1. The number of para-hydroxylation sites is 1. The Morgan fingerprint density at radius 1 is 1.33 bits per heavy atom. The Bertz CT molecular complexity index is 425. The number of aliphatic carboxylic acids is 1. The minimum absolute atomic E-state index is 0.191. The van der Waals surface area contributed by atoms with Crippen LogP contribution in [0.4, 0.5) is 4.39 Å². The normalized spacial score (nSPS) is 17.6. The molecular formula is C14H17FO3. The van der Waals surface area contributed by atoms with Gasteiger partial charge in [-0.15, -0.1) is 0 Å². The van der Waals surface area contributed by atoms with Gasteiger partial charge in [-0.2, -0.15) is 0 Å². The van der Waals surface area contributed by atoms with E-state index >= 15 is 0 Å². The van der Waals surface area contributed by atoms with E-state index in [1.54, 1.807) is 18.2 Å². The van der Waals surface area contributed by atoms with Gasteiger partial charge < -0.3 is 9.84 Å². The molecule has 3 nitrogen and oxygen atoms in total. The van der Waals surface area contributed by atoms with E-state index in [0.717, 1.165) is 12.8 Å². The molecule has 1 aromatic carbocycles. The standard InChI is InChI=1S/C14H17FO3/c15-11-5-1-2-6-12(11)18-10-9-14(13(16)17)7-3-4-8-14/h1-2,5-6H,3-4,7-10H2,(H,16,17). The SMILES string of the molecule is O=C(O)C1(CCOc2ccccc2F)CCCC1. The predicted octanol–water partition coefficient (Wildman–Crippen LogP) is 3.24. The van der Waals surface area contributed by atoms with Crippen LogP contribution in [0.2, 0.25) is 0 Å². The Morgan fingerprint density at radius 2 is 2.00 bits per heavy atom. The summed E-state index contributed by atoms with van der Waals surface area (Å²) >= 11 is 0. The smallest absolute Gasteiger partial charge is 0.309 e. The van der Waals surface area contributed by atoms with Gasteiger partial charge in [0.25, 0.3) is 0 Å². The number of rotatable bonds is 5. The molecule has 1 aliphatic carbocycles. The molecule has 0 amide bonds. The molecule has 98 valence electrons. The van der Waals surface area contributed by atoms with Crippen molar-refractivity contribution in [2.24, 2.45) is 5.41 Å². The Hall–Kier alpha value is -1.58. The van der Waals surface area contributed by atoms with Crippen LogP contribution in [0.3, 0.4) is 0 Å². The highest BCUT2D eigenvalue weighted by Crippen LogP contribution is 2.41. The summed E-state index contributed by atoms with van der Waals surface area (Å²) in [6.07, 6.45) is 3.74. The van der Waals surface area contributed by atoms with Crippen molar-refractivity contribution in [3.05, 3.63) is 30.1 Å². The van der Waals surface area contributed by atoms with Gasteiger partial charge >= 0.3 is 5.97 Å². The molecule has 0 radical (unpaired) electrons. The number of hydrogen-bond donors (Lipinski definition) is 1. The van der Waals surface area contributed by atoms with Gasteiger partial charge in [0.05, 0.1) is 12.0 Å². The Morgan fingerprint density at radius 3 is 2.61 bits per heavy atom. The topological polar surface area (TPSA) is 46.5 Å². The maximum Gasteiger partial charge on any atom is 0.309 e. The lowest BCUT2D eigenvalue weighted by molar-refractivity contribution is -0.149. The first kappa shape index (κ1) is 12.9. The Kier molecular flexibility index (Phi) is 3.84. The van der Waals surface area contributed by atoms with Crippen molar-refractivity contribution in [3.8, 4) is 5.75 Å². The van der Waals surface area contributed by atoms with E-state index in [1.807, 2.05) is 0 Å². The molecule has 0 saturated heterocycles. The van der Waals surface area contributed by atoms with Crippen molar-refractivity contribution in [2.45, 2.75) is 32.1 Å². The predicted molar refractivity (Wildman–Crippen MR) is 65.0 cm³/mol. The van der Waals surface area contributed by atoms with Gasteiger partial charge in [-0.25, -0.2) is 4.39 Å². The minimum Gasteiger partial charge on any atom is -0.490 e. The number of hydrogen-bond acceptors (Lipinski definition) is 2. The zero-order chi connectivity index (χ0) is 13.0. The van der Waals surface area contributed by atoms with E-state index in [9.17, 15) is 14.3 Å². The lowest BCUT2D eigenvalue weighted by atomic mass is 9.83. The molecule has 0 spiro atoms. The van der Waals surface area contributed by atoms with Crippen LogP contribution in [-0.4, -0.2) is 17.7 Å². The van der Waals surface area contributed by atoms with Crippen LogP contribution in [0.15, 0.2) is 24.3 Å². The molecule has 2 rings (SSSR count). The van der Waals surface area contributed by atoms with Crippen molar-refractivity contribution in [1.82, 2.24) is 0 Å². The first-order valence-corrected chi connectivity index (χ1v) is 6.25. The summed E-state index contributed by atoms with van der Waals surface area (Å²) in [5.41, 5.74) is -0.661. The molecule has 0 unspecified atom stereocenters. The summed E-state index contributed by atoms with van der Waals surface area (Å²) in [6.45, 7) is 0.243. The second kappa shape index (κ2) is 5.38. The molecule has 1 aromatic rings. The van der Waals surface area contributed by atoms with Gasteiger partial charge in [-0.05, 0) is 31.4 Å². The summed E-state index contributed by atoms with van der Waals surface area (Å²) in [7, 11) is 0. The van der Waals surface area contributed by atoms with E-state index in [2.05, 4.69) is 0 Å². The van der Waals surface area contributed by atoms with Gasteiger partial charge in [-0.3, -0.25) is 4.79 Å². The summed E-state index contributed by atoms with van der Waals surface area (Å²) in [5, 5.41) is 9.29. The van der Waals surface area contributed by atoms with Gasteiger partial charge in [0.1, 0.15) is 0 Å². The van der Waals surface area contributed by atoms with Crippen LogP contribution in [0.5, 0.6) is 5.75 Å². The maximum atomic E-state index is 13.3. The molecule has 0 aliphatic heterocycles. The third-order valence-electron chi connectivity index (χ3n) is 3.69. The van der Waals surface area contributed by atoms with Crippen molar-refractivity contribution in [1.29, 1.82) is 0 Å². The molecule has 18 heavy (non-hydrogen) atoms. The van der Waals surface area contributed by atoms with Crippen LogP contribution in [0.1, 0.15) is 32.1 Å². The average Bonchev–Trinajstić information content (AvgIpc) is 2.82. The van der Waals surface area contributed by atoms with Crippen LogP contribution >= 0.6 is 0 Å². The highest BCUT2D eigenvalue weighted by Gasteiger charge is 2.40. The third-order valence-corrected chi connectivity index (χ3v) is 3.69. The Balaban J connectivity index is 1.92. The first-order chi connectivity index (χ1) is 8.64. The molecule has 1 aliphatic rings. The average molecular weight is 252 g/mol. The maximum absolute atomic E-state index is 13.3. The van der Waals surface area contributed by atoms with Gasteiger partial charge in [0.2, 0.25) is 0 Å². The molecule has 0 aromatic heterocycles. The van der Waals surface area contributed by atoms with Crippen LogP contribution in [-0.2, 0) is 4.79 Å². The molecular weight excluding hydrogens is 235 g/mol. The fraction of sp³-hybridized carbons (Fsp3) is 0.500. The van der Waals surface area contributed by atoms with E-state index in [-0.39, 0.29) is 12.4 Å². The second-order valence-electron chi connectivity index (χ2n) is 4.82. The largest absolute Gasteiger partial charge is 0.490 e. The third kappa shape index (κ3) is 2.63. The highest BCUT2D eigenvalue weighted by molar-refractivity contribution is 5.74. The summed E-state index contributed by atoms with van der Waals surface area (Å²) in [6, 6.07) is 6.17. The lowest BCUT2D eigenvalue weighted by Gasteiger charge is -2.23. The molecule has 1 saturated carbocycles. The number of carbonyl (C=O) groups is 1. The van der Waals surface area contributed by atoms with Crippen LogP contribution in [0.25, 0.3) is 0 Å². The van der Waals surface area contributed by atoms with Crippen molar-refractivity contribution < 1.29 is 19.0 Å². The van der Waals surface area contributed by atoms with Crippen LogP contribution in [0, 0.1) is 11.2 Å². The molecule has 0 bridgehead atoms. The number of carboxylic acid groups (broad SMARTS) is 1. The van der Waals surface area contributed by atoms with Crippen molar-refractivity contribution in [3.63, 3.8) is 0 Å². The van der Waals surface area contributed by atoms with E-state index < -0.39 is 17.2 Å². The van der Waals surface area contributed by atoms with Gasteiger partial charge in [0.15, 0.2) is 11.6 Å². The Labute approximate surface area is 106 Å². The molecule has 0 heterocycles. The number of carboxylic acids is 1. The lowest BCUT2D eigenvalue weighted by Crippen LogP contribution is -2.29. The zero-order valence-electron chi connectivity index (χ0n) is 10.2. The number of halogens is 1. The van der Waals surface area contributed by atoms with Crippen LogP contribution < -0.4 is 4.74 Å². The quantitative estimate of drug-likeness (QED) is 0.875. The second-order valence-corrected chi connectivity index (χ2v) is 4.82. The van der Waals surface area contributed by atoms with E-state index in [4.69, 9.17) is 4.74 Å². The minimum atomic E-state index is -0.753. The molecule has 4 heteroatoms. The number of ether oxygens (including phenoxy) is 1. The first-order valence-electron chi connectivity index (χ1n) is 6.25. The van der Waals surface area contributed by atoms with Gasteiger partial charge in [0, 0.05) is 0 Å². The summed E-state index contributed by atoms with van der Waals surface area (Å²) < 4.78 is 18.6. The van der Waals surface area contributed by atoms with E-state index in [0.29, 0.717) is 19.3 Å². The summed E-state index contributed by atoms with van der Waals surface area (Å²) in [5.74, 6) is -0.971. The fourth-order valence-electron chi connectivity index (χ4n) is 2.54. The summed E-state index contributed by atoms with van der Waals surface area (Å²) in [4.78, 5) is 11.3. The molecule has 0 atom stereocenters. The monoisotopic (exact) mass is 252 g/mol. The van der Waals surface area contributed by atoms with E-state index in [1.165, 1.54) is 6.07 Å². The fourth-order valence-corrected chi connectivity index (χ4v) is 2.54. The van der Waals surface area contributed by atoms with Crippen molar-refractivity contribution in [2.75, 3.05) is 6.61 Å². The van der Waals surface area contributed by atoms with Gasteiger partial charge in [-0.1, -0.05) is 25.0 Å². The number of benzene rings is 1. The van der Waals surface area contributed by atoms with Crippen molar-refractivity contribution >= 4 is 5.97 Å². The zero-order valence-corrected chi connectivity index (χ0v) is 10.2. The molecule has 1 fully saturated rings. The molecule has 1 N–H and O–H groups in total.